The number of hydrogen-bond donors (Lipinski definition) is 1. The van der Waals surface area contributed by atoms with Gasteiger partial charge in [-0.25, -0.2) is 0 Å². The molecule has 0 aromatic heterocycles. The molecule has 3 nitrogen and oxygen atoms in total. The molecule has 0 atom stereocenters. The molecule has 4 heteroatoms. The monoisotopic (exact) mass is 333 g/mol. The smallest absolute Gasteiger partial charge is 0.317 e. The zero-order chi connectivity index (χ0) is 12.1. The van der Waals surface area contributed by atoms with E-state index in [4.69, 9.17) is 5.11 Å². The van der Waals surface area contributed by atoms with Crippen LogP contribution in [0.25, 0.3) is 0 Å². The van der Waals surface area contributed by atoms with Crippen molar-refractivity contribution >= 4 is 28.6 Å². The van der Waals surface area contributed by atoms with Crippen LogP contribution in [0.2, 0.25) is 0 Å². The van der Waals surface area contributed by atoms with Crippen molar-refractivity contribution in [1.82, 2.24) is 4.90 Å². The van der Waals surface area contributed by atoms with Gasteiger partial charge in [0.05, 0.1) is 6.54 Å². The molecule has 1 rings (SSSR count). The van der Waals surface area contributed by atoms with Gasteiger partial charge in [0.15, 0.2) is 0 Å². The fourth-order valence-electron chi connectivity index (χ4n) is 1.42. The molecule has 0 spiro atoms. The Morgan fingerprint density at radius 3 is 2.38 bits per heavy atom. The van der Waals surface area contributed by atoms with E-state index in [1.54, 1.807) is 0 Å². The van der Waals surface area contributed by atoms with Gasteiger partial charge in [0.1, 0.15) is 0 Å². The second-order valence-corrected chi connectivity index (χ2v) is 5.26. The standard InChI is InChI=1S/C12H16INO2/c1-9(2)14(8-12(15)16)7-10-3-5-11(13)6-4-10/h3-6,9H,7-8H2,1-2H3,(H,15,16). The molecule has 16 heavy (non-hydrogen) atoms. The molecule has 0 radical (unpaired) electrons. The van der Waals surface area contributed by atoms with Crippen molar-refractivity contribution < 1.29 is 9.90 Å². The molecule has 1 N–H and O–H groups in total. The molecule has 0 fully saturated rings. The van der Waals surface area contributed by atoms with Crippen LogP contribution >= 0.6 is 22.6 Å². The molecule has 0 aliphatic rings. The zero-order valence-corrected chi connectivity index (χ0v) is 11.6. The number of carboxylic acid groups (broad SMARTS) is 1. The maximum Gasteiger partial charge on any atom is 0.317 e. The summed E-state index contributed by atoms with van der Waals surface area (Å²) in [4.78, 5) is 12.7. The van der Waals surface area contributed by atoms with Crippen molar-refractivity contribution in [3.8, 4) is 0 Å². The Balaban J connectivity index is 2.67. The lowest BCUT2D eigenvalue weighted by Gasteiger charge is -2.24. The molecule has 0 aliphatic heterocycles. The van der Waals surface area contributed by atoms with Gasteiger partial charge < -0.3 is 5.11 Å². The first-order valence-electron chi connectivity index (χ1n) is 5.19. The third-order valence-electron chi connectivity index (χ3n) is 2.37. The number of carbonyl (C=O) groups is 1. The molecular weight excluding hydrogens is 317 g/mol. The van der Waals surface area contributed by atoms with E-state index < -0.39 is 5.97 Å². The van der Waals surface area contributed by atoms with Crippen LogP contribution in [0.5, 0.6) is 0 Å². The first-order chi connectivity index (χ1) is 7.49. The summed E-state index contributed by atoms with van der Waals surface area (Å²) in [7, 11) is 0. The first-order valence-corrected chi connectivity index (χ1v) is 6.27. The molecule has 1 aromatic rings. The summed E-state index contributed by atoms with van der Waals surface area (Å²) in [6.07, 6.45) is 0. The van der Waals surface area contributed by atoms with Crippen LogP contribution < -0.4 is 0 Å². The number of benzene rings is 1. The highest BCUT2D eigenvalue weighted by Crippen LogP contribution is 2.11. The van der Waals surface area contributed by atoms with Crippen molar-refractivity contribution in [3.05, 3.63) is 33.4 Å². The molecule has 0 bridgehead atoms. The minimum atomic E-state index is -0.779. The van der Waals surface area contributed by atoms with Crippen molar-refractivity contribution in [2.45, 2.75) is 26.4 Å². The molecule has 0 aliphatic carbocycles. The van der Waals surface area contributed by atoms with Crippen LogP contribution in [0, 0.1) is 3.57 Å². The summed E-state index contributed by atoms with van der Waals surface area (Å²) < 4.78 is 1.19. The van der Waals surface area contributed by atoms with Crippen molar-refractivity contribution in [2.75, 3.05) is 6.54 Å². The number of aliphatic carboxylic acids is 1. The Morgan fingerprint density at radius 2 is 1.94 bits per heavy atom. The largest absolute Gasteiger partial charge is 0.480 e. The Bertz CT molecular complexity index is 349. The van der Waals surface area contributed by atoms with Gasteiger partial charge in [-0.15, -0.1) is 0 Å². The minimum Gasteiger partial charge on any atom is -0.480 e. The molecule has 0 heterocycles. The van der Waals surface area contributed by atoms with Crippen LogP contribution in [0.4, 0.5) is 0 Å². The quantitative estimate of drug-likeness (QED) is 0.842. The van der Waals surface area contributed by atoms with E-state index in [0.717, 1.165) is 5.56 Å². The summed E-state index contributed by atoms with van der Waals surface area (Å²) in [6, 6.07) is 8.39. The van der Waals surface area contributed by atoms with E-state index in [-0.39, 0.29) is 12.6 Å². The average Bonchev–Trinajstić information content (AvgIpc) is 2.19. The van der Waals surface area contributed by atoms with Crippen molar-refractivity contribution in [3.63, 3.8) is 0 Å². The summed E-state index contributed by atoms with van der Waals surface area (Å²) in [5.74, 6) is -0.779. The summed E-state index contributed by atoms with van der Waals surface area (Å²) >= 11 is 2.26. The van der Waals surface area contributed by atoms with Crippen molar-refractivity contribution in [1.29, 1.82) is 0 Å². The normalized spacial score (nSPS) is 11.1. The van der Waals surface area contributed by atoms with Gasteiger partial charge in [-0.1, -0.05) is 12.1 Å². The summed E-state index contributed by atoms with van der Waals surface area (Å²) in [6.45, 7) is 4.79. The van der Waals surface area contributed by atoms with Crippen molar-refractivity contribution in [2.24, 2.45) is 0 Å². The lowest BCUT2D eigenvalue weighted by atomic mass is 10.2. The van der Waals surface area contributed by atoms with Crippen LogP contribution in [-0.2, 0) is 11.3 Å². The lowest BCUT2D eigenvalue weighted by molar-refractivity contribution is -0.138. The molecule has 0 amide bonds. The van der Waals surface area contributed by atoms with E-state index in [1.165, 1.54) is 3.57 Å². The van der Waals surface area contributed by atoms with E-state index in [2.05, 4.69) is 22.6 Å². The van der Waals surface area contributed by atoms with Crippen LogP contribution in [-0.4, -0.2) is 28.6 Å². The van der Waals surface area contributed by atoms with Gasteiger partial charge >= 0.3 is 5.97 Å². The van der Waals surface area contributed by atoms with Gasteiger partial charge in [0.25, 0.3) is 0 Å². The molecule has 1 aromatic carbocycles. The van der Waals surface area contributed by atoms with Gasteiger partial charge in [-0.05, 0) is 54.1 Å². The number of nitrogens with zero attached hydrogens (tertiary/aromatic N) is 1. The Kier molecular flexibility index (Phi) is 5.21. The van der Waals surface area contributed by atoms with Gasteiger partial charge in [0, 0.05) is 16.2 Å². The average molecular weight is 333 g/mol. The van der Waals surface area contributed by atoms with Crippen LogP contribution in [0.1, 0.15) is 19.4 Å². The zero-order valence-electron chi connectivity index (χ0n) is 9.48. The van der Waals surface area contributed by atoms with E-state index in [9.17, 15) is 4.79 Å². The number of hydrogen-bond acceptors (Lipinski definition) is 2. The van der Waals surface area contributed by atoms with Gasteiger partial charge in [-0.3, -0.25) is 9.69 Å². The Morgan fingerprint density at radius 1 is 1.38 bits per heavy atom. The molecule has 88 valence electrons. The van der Waals surface area contributed by atoms with Gasteiger partial charge in [-0.2, -0.15) is 0 Å². The predicted octanol–water partition coefficient (Wildman–Crippen LogP) is 2.59. The third-order valence-corrected chi connectivity index (χ3v) is 3.09. The predicted molar refractivity (Wildman–Crippen MR) is 72.3 cm³/mol. The van der Waals surface area contributed by atoms with E-state index >= 15 is 0 Å². The maximum absolute atomic E-state index is 10.7. The highest BCUT2D eigenvalue weighted by Gasteiger charge is 2.13. The minimum absolute atomic E-state index is 0.0870. The fraction of sp³-hybridized carbons (Fsp3) is 0.417. The maximum atomic E-state index is 10.7. The molecule has 0 saturated heterocycles. The Hall–Kier alpha value is -0.620. The van der Waals surface area contributed by atoms with Gasteiger partial charge in [0.2, 0.25) is 0 Å². The highest BCUT2D eigenvalue weighted by molar-refractivity contribution is 14.1. The summed E-state index contributed by atoms with van der Waals surface area (Å²) in [5, 5.41) is 8.81. The number of halogens is 1. The number of carboxylic acids is 1. The highest BCUT2D eigenvalue weighted by atomic mass is 127. The lowest BCUT2D eigenvalue weighted by Crippen LogP contribution is -2.35. The second-order valence-electron chi connectivity index (χ2n) is 4.02. The molecule has 0 unspecified atom stereocenters. The fourth-order valence-corrected chi connectivity index (χ4v) is 1.78. The van der Waals surface area contributed by atoms with E-state index in [1.807, 2.05) is 43.0 Å². The van der Waals surface area contributed by atoms with Crippen LogP contribution in [0.15, 0.2) is 24.3 Å². The summed E-state index contributed by atoms with van der Waals surface area (Å²) in [5.41, 5.74) is 1.15. The molecular formula is C12H16INO2. The molecule has 0 saturated carbocycles. The van der Waals surface area contributed by atoms with Crippen LogP contribution in [0.3, 0.4) is 0 Å². The van der Waals surface area contributed by atoms with E-state index in [0.29, 0.717) is 6.54 Å². The SMILES string of the molecule is CC(C)N(CC(=O)O)Cc1ccc(I)cc1. The Labute approximate surface area is 110 Å². The number of rotatable bonds is 5. The third kappa shape index (κ3) is 4.49. The topological polar surface area (TPSA) is 40.5 Å². The first kappa shape index (κ1) is 13.4. The second kappa shape index (κ2) is 6.20.